The van der Waals surface area contributed by atoms with Crippen molar-refractivity contribution in [3.8, 4) is 0 Å². The van der Waals surface area contributed by atoms with Crippen LogP contribution in [0.25, 0.3) is 0 Å². The SMILES string of the molecule is CC.Cc1c(F)cc(C(F)(F)F)cc1F. The molecule has 0 saturated carbocycles. The summed E-state index contributed by atoms with van der Waals surface area (Å²) in [4.78, 5) is 0. The number of hydrogen-bond donors (Lipinski definition) is 0. The van der Waals surface area contributed by atoms with Gasteiger partial charge in [-0.15, -0.1) is 0 Å². The molecule has 0 aliphatic carbocycles. The highest BCUT2D eigenvalue weighted by Crippen LogP contribution is 2.31. The topological polar surface area (TPSA) is 0 Å². The molecule has 1 aromatic rings. The van der Waals surface area contributed by atoms with Crippen LogP contribution in [0.4, 0.5) is 22.0 Å². The normalized spacial score (nSPS) is 10.7. The molecule has 1 rings (SSSR count). The molecule has 0 aromatic heterocycles. The highest BCUT2D eigenvalue weighted by atomic mass is 19.4. The highest BCUT2D eigenvalue weighted by Gasteiger charge is 2.32. The number of hydrogen-bond acceptors (Lipinski definition) is 0. The fraction of sp³-hybridized carbons (Fsp3) is 0.400. The van der Waals surface area contributed by atoms with Crippen LogP contribution in [0.5, 0.6) is 0 Å². The minimum Gasteiger partial charge on any atom is -0.207 e. The van der Waals surface area contributed by atoms with Gasteiger partial charge < -0.3 is 0 Å². The van der Waals surface area contributed by atoms with Crippen LogP contribution in [0, 0.1) is 18.6 Å². The van der Waals surface area contributed by atoms with E-state index in [0.717, 1.165) is 6.92 Å². The summed E-state index contributed by atoms with van der Waals surface area (Å²) in [5.74, 6) is -2.38. The van der Waals surface area contributed by atoms with Gasteiger partial charge in [-0.25, -0.2) is 8.78 Å². The maximum Gasteiger partial charge on any atom is 0.416 e. The first kappa shape index (κ1) is 13.9. The second-order valence-electron chi connectivity index (χ2n) is 2.56. The smallest absolute Gasteiger partial charge is 0.207 e. The molecule has 0 fully saturated rings. The van der Waals surface area contributed by atoms with E-state index in [2.05, 4.69) is 0 Å². The van der Waals surface area contributed by atoms with Gasteiger partial charge in [0.25, 0.3) is 0 Å². The van der Waals surface area contributed by atoms with E-state index in [1.54, 1.807) is 0 Å². The Morgan fingerprint density at radius 2 is 1.27 bits per heavy atom. The van der Waals surface area contributed by atoms with Gasteiger partial charge in [0, 0.05) is 5.56 Å². The van der Waals surface area contributed by atoms with E-state index in [0.29, 0.717) is 0 Å². The van der Waals surface area contributed by atoms with Crippen LogP contribution < -0.4 is 0 Å². The largest absolute Gasteiger partial charge is 0.416 e. The van der Waals surface area contributed by atoms with Crippen LogP contribution in [0.2, 0.25) is 0 Å². The summed E-state index contributed by atoms with van der Waals surface area (Å²) in [6, 6.07) is 0.552. The molecule has 15 heavy (non-hydrogen) atoms. The molecule has 0 bridgehead atoms. The van der Waals surface area contributed by atoms with Crippen molar-refractivity contribution in [3.63, 3.8) is 0 Å². The zero-order chi connectivity index (χ0) is 12.2. The molecule has 0 unspecified atom stereocenters. The second-order valence-corrected chi connectivity index (χ2v) is 2.56. The van der Waals surface area contributed by atoms with E-state index >= 15 is 0 Å². The molecule has 0 aliphatic heterocycles. The molecule has 0 saturated heterocycles. The standard InChI is InChI=1S/C8H5F5.C2H6/c1-4-6(9)2-5(3-7(4)10)8(11,12)13;1-2/h2-3H,1H3;1-2H3. The van der Waals surface area contributed by atoms with E-state index < -0.39 is 28.9 Å². The highest BCUT2D eigenvalue weighted by molar-refractivity contribution is 5.26. The van der Waals surface area contributed by atoms with Crippen LogP contribution in [-0.4, -0.2) is 0 Å². The van der Waals surface area contributed by atoms with Gasteiger partial charge >= 0.3 is 6.18 Å². The molecule has 0 N–H and O–H groups in total. The average molecular weight is 226 g/mol. The molecule has 0 amide bonds. The van der Waals surface area contributed by atoms with Gasteiger partial charge in [-0.3, -0.25) is 0 Å². The summed E-state index contributed by atoms with van der Waals surface area (Å²) >= 11 is 0. The fourth-order valence-corrected chi connectivity index (χ4v) is 0.809. The van der Waals surface area contributed by atoms with Crippen LogP contribution in [-0.2, 0) is 6.18 Å². The second kappa shape index (κ2) is 5.09. The molecule has 0 heterocycles. The molecule has 0 aliphatic rings. The van der Waals surface area contributed by atoms with Crippen molar-refractivity contribution in [2.75, 3.05) is 0 Å². The zero-order valence-corrected chi connectivity index (χ0v) is 8.54. The predicted molar refractivity (Wildman–Crippen MR) is 47.4 cm³/mol. The third-order valence-corrected chi connectivity index (χ3v) is 1.61. The number of halogens is 5. The van der Waals surface area contributed by atoms with Gasteiger partial charge in [-0.05, 0) is 19.1 Å². The van der Waals surface area contributed by atoms with Gasteiger partial charge in [0.15, 0.2) is 0 Å². The molecular weight excluding hydrogens is 215 g/mol. The summed E-state index contributed by atoms with van der Waals surface area (Å²) in [5, 5.41) is 0. The van der Waals surface area contributed by atoms with Crippen LogP contribution in [0.3, 0.4) is 0 Å². The zero-order valence-electron chi connectivity index (χ0n) is 8.54. The molecule has 0 spiro atoms. The first-order valence-corrected chi connectivity index (χ1v) is 4.35. The van der Waals surface area contributed by atoms with Gasteiger partial charge in [0.2, 0.25) is 0 Å². The van der Waals surface area contributed by atoms with E-state index in [1.165, 1.54) is 0 Å². The lowest BCUT2D eigenvalue weighted by Gasteiger charge is -2.07. The summed E-state index contributed by atoms with van der Waals surface area (Å²) in [7, 11) is 0. The summed E-state index contributed by atoms with van der Waals surface area (Å²) in [6.45, 7) is 5.07. The Morgan fingerprint density at radius 1 is 0.933 bits per heavy atom. The Balaban J connectivity index is 0.000000921. The van der Waals surface area contributed by atoms with Crippen molar-refractivity contribution in [1.82, 2.24) is 0 Å². The summed E-state index contributed by atoms with van der Waals surface area (Å²) in [6.07, 6.45) is -4.71. The molecule has 5 heteroatoms. The van der Waals surface area contributed by atoms with Crippen molar-refractivity contribution in [2.45, 2.75) is 26.9 Å². The van der Waals surface area contributed by atoms with Gasteiger partial charge in [0.1, 0.15) is 11.6 Å². The third kappa shape index (κ3) is 3.49. The van der Waals surface area contributed by atoms with E-state index in [1.807, 2.05) is 13.8 Å². The lowest BCUT2D eigenvalue weighted by molar-refractivity contribution is -0.138. The van der Waals surface area contributed by atoms with Crippen molar-refractivity contribution >= 4 is 0 Å². The van der Waals surface area contributed by atoms with Crippen molar-refractivity contribution in [3.05, 3.63) is 34.9 Å². The lowest BCUT2D eigenvalue weighted by Crippen LogP contribution is -2.07. The minimum absolute atomic E-state index is 0.276. The third-order valence-electron chi connectivity index (χ3n) is 1.61. The minimum atomic E-state index is -4.71. The maximum atomic E-state index is 12.6. The van der Waals surface area contributed by atoms with E-state index in [4.69, 9.17) is 0 Å². The van der Waals surface area contributed by atoms with Crippen LogP contribution in [0.1, 0.15) is 25.0 Å². The van der Waals surface area contributed by atoms with Gasteiger partial charge in [-0.2, -0.15) is 13.2 Å². The monoisotopic (exact) mass is 226 g/mol. The molecule has 86 valence electrons. The molecule has 0 atom stereocenters. The van der Waals surface area contributed by atoms with Crippen molar-refractivity contribution in [1.29, 1.82) is 0 Å². The van der Waals surface area contributed by atoms with E-state index in [-0.39, 0.29) is 12.1 Å². The first-order chi connectivity index (χ1) is 6.82. The lowest BCUT2D eigenvalue weighted by atomic mass is 10.1. The number of rotatable bonds is 0. The molecule has 0 radical (unpaired) electrons. The van der Waals surface area contributed by atoms with Gasteiger partial charge in [-0.1, -0.05) is 13.8 Å². The van der Waals surface area contributed by atoms with Crippen molar-refractivity contribution in [2.24, 2.45) is 0 Å². The molecule has 1 aromatic carbocycles. The van der Waals surface area contributed by atoms with Gasteiger partial charge in [0.05, 0.1) is 5.56 Å². The Kier molecular flexibility index (Phi) is 4.71. The van der Waals surface area contributed by atoms with Crippen LogP contribution in [0.15, 0.2) is 12.1 Å². The summed E-state index contributed by atoms with van der Waals surface area (Å²) in [5.41, 5.74) is -1.72. The van der Waals surface area contributed by atoms with Crippen molar-refractivity contribution < 1.29 is 22.0 Å². The Labute approximate surface area is 84.7 Å². The van der Waals surface area contributed by atoms with Crippen LogP contribution >= 0.6 is 0 Å². The first-order valence-electron chi connectivity index (χ1n) is 4.35. The Morgan fingerprint density at radius 3 is 1.53 bits per heavy atom. The number of benzene rings is 1. The Bertz CT molecular complexity index is 304. The number of alkyl halides is 3. The molecular formula is C10H11F5. The Hall–Kier alpha value is -1.13. The quantitative estimate of drug-likeness (QED) is 0.578. The predicted octanol–water partition coefficient (Wildman–Crippen LogP) is 4.32. The maximum absolute atomic E-state index is 12.6. The summed E-state index contributed by atoms with van der Waals surface area (Å²) < 4.78 is 61.1. The van der Waals surface area contributed by atoms with E-state index in [9.17, 15) is 22.0 Å². The average Bonchev–Trinajstić information content (AvgIpc) is 2.15. The molecule has 0 nitrogen and oxygen atoms in total. The fourth-order valence-electron chi connectivity index (χ4n) is 0.809.